The second-order valence-corrected chi connectivity index (χ2v) is 22.7. The SMILES string of the molecule is CC/C=C\C/C=C\C/C=C\C/C=C\C/C=C\C/C=C\C/C=C\C/C=C\CCCCCCCCCCCCCCC(=O)OC(COC(=O)CCCCCCCCC/C=C\C/C=C\C/C=C\CC)COP(=O)([O-])OCC[N+](C)(C)C. The summed E-state index contributed by atoms with van der Waals surface area (Å²) in [4.78, 5) is 37.9. The monoisotopic (exact) mass is 1100 g/mol. The number of phosphoric ester groups is 1. The number of nitrogens with zero attached hydrogens (tertiary/aromatic N) is 1. The highest BCUT2D eigenvalue weighted by Gasteiger charge is 2.22. The summed E-state index contributed by atoms with van der Waals surface area (Å²) in [5.41, 5.74) is 0. The molecule has 0 radical (unpaired) electrons. The maximum atomic E-state index is 12.8. The lowest BCUT2D eigenvalue weighted by atomic mass is 10.0. The minimum absolute atomic E-state index is 0.0390. The van der Waals surface area contributed by atoms with E-state index in [0.29, 0.717) is 23.9 Å². The van der Waals surface area contributed by atoms with E-state index in [4.69, 9.17) is 18.5 Å². The van der Waals surface area contributed by atoms with Gasteiger partial charge in [0.05, 0.1) is 27.7 Å². The Morgan fingerprint density at radius 1 is 0.397 bits per heavy atom. The summed E-state index contributed by atoms with van der Waals surface area (Å²) in [5.74, 6) is -0.853. The van der Waals surface area contributed by atoms with E-state index in [-0.39, 0.29) is 26.1 Å². The predicted octanol–water partition coefficient (Wildman–Crippen LogP) is 19.1. The number of esters is 2. The Morgan fingerprint density at radius 2 is 0.692 bits per heavy atom. The van der Waals surface area contributed by atoms with Gasteiger partial charge in [0.2, 0.25) is 0 Å². The molecule has 0 aromatic heterocycles. The van der Waals surface area contributed by atoms with E-state index in [1.54, 1.807) is 0 Å². The van der Waals surface area contributed by atoms with Crippen LogP contribution in [0.15, 0.2) is 134 Å². The molecule has 0 heterocycles. The summed E-state index contributed by atoms with van der Waals surface area (Å²) < 4.78 is 34.2. The third kappa shape index (κ3) is 61.4. The van der Waals surface area contributed by atoms with E-state index >= 15 is 0 Å². The largest absolute Gasteiger partial charge is 0.756 e. The number of hydrogen-bond acceptors (Lipinski definition) is 8. The predicted molar refractivity (Wildman–Crippen MR) is 332 cm³/mol. The first kappa shape index (κ1) is 74.2. The van der Waals surface area contributed by atoms with Gasteiger partial charge in [-0.2, -0.15) is 0 Å². The van der Waals surface area contributed by atoms with Crippen LogP contribution in [0.1, 0.15) is 232 Å². The molecule has 0 aliphatic heterocycles. The minimum atomic E-state index is -4.65. The van der Waals surface area contributed by atoms with Crippen LogP contribution in [0.2, 0.25) is 0 Å². The van der Waals surface area contributed by atoms with Gasteiger partial charge >= 0.3 is 11.9 Å². The lowest BCUT2D eigenvalue weighted by molar-refractivity contribution is -0.870. The average molecular weight is 1100 g/mol. The van der Waals surface area contributed by atoms with Gasteiger partial charge in [0.15, 0.2) is 6.10 Å². The van der Waals surface area contributed by atoms with E-state index in [0.717, 1.165) is 122 Å². The van der Waals surface area contributed by atoms with Crippen LogP contribution >= 0.6 is 7.82 Å². The normalized spacial score (nSPS) is 14.2. The fraction of sp³-hybridized carbons (Fsp3) is 0.647. The van der Waals surface area contributed by atoms with Gasteiger partial charge in [0, 0.05) is 12.8 Å². The second-order valence-electron chi connectivity index (χ2n) is 21.3. The first-order chi connectivity index (χ1) is 38.0. The Hall–Kier alpha value is -3.85. The van der Waals surface area contributed by atoms with Gasteiger partial charge in [-0.3, -0.25) is 14.2 Å². The van der Waals surface area contributed by atoms with Crippen molar-refractivity contribution in [1.82, 2.24) is 0 Å². The van der Waals surface area contributed by atoms with Crippen LogP contribution in [-0.2, 0) is 32.7 Å². The van der Waals surface area contributed by atoms with Crippen molar-refractivity contribution in [1.29, 1.82) is 0 Å². The van der Waals surface area contributed by atoms with Gasteiger partial charge in [-0.15, -0.1) is 0 Å². The zero-order valence-corrected chi connectivity index (χ0v) is 51.2. The Bertz CT molecular complexity index is 1780. The summed E-state index contributed by atoms with van der Waals surface area (Å²) in [6.07, 6.45) is 83.6. The van der Waals surface area contributed by atoms with Gasteiger partial charge in [-0.05, 0) is 109 Å². The van der Waals surface area contributed by atoms with Gasteiger partial charge in [-0.25, -0.2) is 0 Å². The van der Waals surface area contributed by atoms with Crippen LogP contribution in [0.3, 0.4) is 0 Å². The third-order valence-electron chi connectivity index (χ3n) is 12.7. The molecular formula is C68H114NO8P. The van der Waals surface area contributed by atoms with Gasteiger partial charge in [0.1, 0.15) is 19.8 Å². The molecule has 0 bridgehead atoms. The van der Waals surface area contributed by atoms with Crippen molar-refractivity contribution in [3.8, 4) is 0 Å². The van der Waals surface area contributed by atoms with Crippen LogP contribution in [0.25, 0.3) is 0 Å². The fourth-order valence-electron chi connectivity index (χ4n) is 7.98. The molecule has 9 nitrogen and oxygen atoms in total. The molecule has 0 fully saturated rings. The quantitative estimate of drug-likeness (QED) is 0.0195. The lowest BCUT2D eigenvalue weighted by Gasteiger charge is -2.28. The van der Waals surface area contributed by atoms with Crippen molar-refractivity contribution in [2.24, 2.45) is 0 Å². The second kappa shape index (κ2) is 57.8. The van der Waals surface area contributed by atoms with Gasteiger partial charge < -0.3 is 27.9 Å². The smallest absolute Gasteiger partial charge is 0.306 e. The minimum Gasteiger partial charge on any atom is -0.756 e. The number of carbonyl (C=O) groups is 2. The third-order valence-corrected chi connectivity index (χ3v) is 13.6. The molecule has 0 aliphatic carbocycles. The number of rotatable bonds is 55. The Kier molecular flexibility index (Phi) is 55.0. The number of allylic oxidation sites excluding steroid dienone is 22. The zero-order chi connectivity index (χ0) is 57.0. The number of hydrogen-bond donors (Lipinski definition) is 0. The summed E-state index contributed by atoms with van der Waals surface area (Å²) in [6.45, 7) is 3.99. The standard InChI is InChI=1S/C68H114NO8P/c1-6-8-10-12-14-16-18-20-22-24-25-26-27-28-29-30-31-32-33-34-35-36-37-38-39-40-41-42-43-45-47-49-51-53-55-57-59-61-68(71)77-66(65-76-78(72,73)75-63-62-69(3,4)5)64-74-67(70)60-58-56-54-52-50-48-46-44-23-21-19-17-15-13-11-9-7-2/h8-11,14-17,20-23,25-26,28-29,31-32,34-35,37-38,66H,6-7,12-13,18-19,24,27,30,33,36,39-65H2,1-5H3/b10-8-,11-9-,16-14-,17-15-,22-20-,23-21-,26-25-,29-28-,32-31-,35-34-,38-37-. The summed E-state index contributed by atoms with van der Waals surface area (Å²) in [5, 5.41) is 0. The Morgan fingerprint density at radius 3 is 1.03 bits per heavy atom. The molecule has 0 aromatic rings. The van der Waals surface area contributed by atoms with E-state index in [2.05, 4.69) is 148 Å². The van der Waals surface area contributed by atoms with Crippen molar-refractivity contribution in [2.45, 2.75) is 238 Å². The highest BCUT2D eigenvalue weighted by atomic mass is 31.2. The van der Waals surface area contributed by atoms with Gasteiger partial charge in [-0.1, -0.05) is 244 Å². The molecule has 0 aromatic carbocycles. The highest BCUT2D eigenvalue weighted by molar-refractivity contribution is 7.45. The number of ether oxygens (including phenoxy) is 2. The molecule has 78 heavy (non-hydrogen) atoms. The van der Waals surface area contributed by atoms with Crippen LogP contribution in [0, 0.1) is 0 Å². The molecule has 0 amide bonds. The topological polar surface area (TPSA) is 111 Å². The van der Waals surface area contributed by atoms with Crippen molar-refractivity contribution >= 4 is 19.8 Å². The highest BCUT2D eigenvalue weighted by Crippen LogP contribution is 2.38. The molecule has 2 unspecified atom stereocenters. The van der Waals surface area contributed by atoms with Crippen molar-refractivity contribution in [3.63, 3.8) is 0 Å². The number of likely N-dealkylation sites (N-methyl/N-ethyl adjacent to an activating group) is 1. The van der Waals surface area contributed by atoms with Crippen LogP contribution < -0.4 is 4.89 Å². The van der Waals surface area contributed by atoms with Crippen LogP contribution in [0.4, 0.5) is 0 Å². The number of unbranched alkanes of at least 4 members (excludes halogenated alkanes) is 19. The molecule has 0 spiro atoms. The first-order valence-electron chi connectivity index (χ1n) is 30.9. The van der Waals surface area contributed by atoms with Gasteiger partial charge in [0.25, 0.3) is 7.82 Å². The van der Waals surface area contributed by atoms with Crippen molar-refractivity contribution in [2.75, 3.05) is 47.5 Å². The first-order valence-corrected chi connectivity index (χ1v) is 32.4. The molecule has 0 saturated heterocycles. The number of phosphoric acid groups is 1. The van der Waals surface area contributed by atoms with E-state index < -0.39 is 32.5 Å². The maximum Gasteiger partial charge on any atom is 0.306 e. The lowest BCUT2D eigenvalue weighted by Crippen LogP contribution is -2.37. The fourth-order valence-corrected chi connectivity index (χ4v) is 8.71. The Labute approximate surface area is 479 Å². The van der Waals surface area contributed by atoms with E-state index in [1.165, 1.54) is 70.6 Å². The molecule has 0 rings (SSSR count). The molecule has 0 saturated carbocycles. The molecule has 0 aliphatic rings. The zero-order valence-electron chi connectivity index (χ0n) is 50.3. The molecule has 444 valence electrons. The van der Waals surface area contributed by atoms with E-state index in [1.807, 2.05) is 21.1 Å². The average Bonchev–Trinajstić information content (AvgIpc) is 3.41. The maximum absolute atomic E-state index is 12.8. The van der Waals surface area contributed by atoms with E-state index in [9.17, 15) is 19.0 Å². The Balaban J connectivity index is 4.10. The van der Waals surface area contributed by atoms with Crippen molar-refractivity contribution in [3.05, 3.63) is 134 Å². The number of quaternary nitrogens is 1. The molecule has 10 heteroatoms. The summed E-state index contributed by atoms with van der Waals surface area (Å²) in [6, 6.07) is 0. The van der Waals surface area contributed by atoms with Crippen molar-refractivity contribution < 1.29 is 42.1 Å². The number of carbonyl (C=O) groups excluding carboxylic acids is 2. The molecule has 2 atom stereocenters. The van der Waals surface area contributed by atoms with Crippen LogP contribution in [-0.4, -0.2) is 70.0 Å². The summed E-state index contributed by atoms with van der Waals surface area (Å²) in [7, 11) is 1.14. The van der Waals surface area contributed by atoms with Crippen LogP contribution in [0.5, 0.6) is 0 Å². The summed E-state index contributed by atoms with van der Waals surface area (Å²) >= 11 is 0. The molecule has 0 N–H and O–H groups in total. The molecular weight excluding hydrogens is 990 g/mol.